The number of para-hydroxylation sites is 6. The molecule has 4 N–H and O–H groups in total. The molecule has 0 bridgehead atoms. The molecule has 6 aromatic carbocycles. The Morgan fingerprint density at radius 1 is 0.564 bits per heavy atom. The number of nitrogens with one attached hydrogen (secondary N) is 2. The van der Waals surface area contributed by atoms with Gasteiger partial charge < -0.3 is 26.2 Å². The van der Waals surface area contributed by atoms with Crippen LogP contribution in [0.15, 0.2) is 224 Å². The van der Waals surface area contributed by atoms with Crippen LogP contribution in [0, 0.1) is 0 Å². The summed E-state index contributed by atoms with van der Waals surface area (Å²) in [5, 5.41) is 6.94. The lowest BCUT2D eigenvalue weighted by Crippen LogP contribution is -2.17. The maximum Gasteiger partial charge on any atom is 0.0697 e. The van der Waals surface area contributed by atoms with Crippen molar-refractivity contribution >= 4 is 68.6 Å². The van der Waals surface area contributed by atoms with Crippen LogP contribution in [0.4, 0.5) is 51.2 Å². The first kappa shape index (κ1) is 37.9. The summed E-state index contributed by atoms with van der Waals surface area (Å²) in [5.41, 5.74) is 18.1. The van der Waals surface area contributed by atoms with Gasteiger partial charge in [0.25, 0.3) is 0 Å². The third kappa shape index (κ3) is 9.02. The van der Waals surface area contributed by atoms with Crippen LogP contribution in [0.5, 0.6) is 0 Å². The second-order valence-corrected chi connectivity index (χ2v) is 13.4. The maximum atomic E-state index is 6.54. The van der Waals surface area contributed by atoms with Gasteiger partial charge in [-0.2, -0.15) is 0 Å². The highest BCUT2D eigenvalue weighted by Gasteiger charge is 2.25. The summed E-state index contributed by atoms with van der Waals surface area (Å²) in [4.78, 5) is 7.11. The summed E-state index contributed by atoms with van der Waals surface area (Å²) in [6.45, 7) is 12.4. The molecular weight excluding hydrogens is 691 g/mol. The van der Waals surface area contributed by atoms with E-state index in [1.54, 1.807) is 18.2 Å². The summed E-state index contributed by atoms with van der Waals surface area (Å²) in [6.07, 6.45) is 14.5. The zero-order valence-corrected chi connectivity index (χ0v) is 31.8. The Labute approximate surface area is 329 Å². The molecule has 0 saturated heterocycles. The van der Waals surface area contributed by atoms with Crippen molar-refractivity contribution in [2.75, 3.05) is 20.4 Å². The Hall–Kier alpha value is -6.89. The van der Waals surface area contributed by atoms with Crippen molar-refractivity contribution in [2.24, 2.45) is 5.73 Å². The van der Waals surface area contributed by atoms with Crippen LogP contribution < -0.4 is 26.2 Å². The molecule has 0 radical (unpaired) electrons. The Kier molecular flexibility index (Phi) is 12.9. The Morgan fingerprint density at radius 3 is 1.47 bits per heavy atom. The van der Waals surface area contributed by atoms with Crippen molar-refractivity contribution in [2.45, 2.75) is 16.7 Å². The molecule has 272 valence electrons. The summed E-state index contributed by atoms with van der Waals surface area (Å²) >= 11 is 1.82. The third-order valence-corrected chi connectivity index (χ3v) is 9.81. The number of benzene rings is 6. The van der Waals surface area contributed by atoms with E-state index < -0.39 is 0 Å². The van der Waals surface area contributed by atoms with Gasteiger partial charge in [0.2, 0.25) is 0 Å². The summed E-state index contributed by atoms with van der Waals surface area (Å²) in [7, 11) is 0. The highest BCUT2D eigenvalue weighted by molar-refractivity contribution is 7.99. The van der Waals surface area contributed by atoms with Gasteiger partial charge in [-0.25, -0.2) is 0 Å². The van der Waals surface area contributed by atoms with Gasteiger partial charge in [-0.15, -0.1) is 0 Å². The first-order valence-corrected chi connectivity index (χ1v) is 18.9. The van der Waals surface area contributed by atoms with Crippen LogP contribution >= 0.6 is 11.8 Å². The fraction of sp³-hybridized carbons (Fsp3) is 0.0204. The van der Waals surface area contributed by atoms with Gasteiger partial charge in [0.15, 0.2) is 0 Å². The van der Waals surface area contributed by atoms with Gasteiger partial charge in [-0.05, 0) is 97.4 Å². The van der Waals surface area contributed by atoms with Crippen molar-refractivity contribution in [3.8, 4) is 0 Å². The molecule has 0 spiro atoms. The predicted molar refractivity (Wildman–Crippen MR) is 240 cm³/mol. The van der Waals surface area contributed by atoms with E-state index in [1.165, 1.54) is 21.2 Å². The van der Waals surface area contributed by atoms with Crippen LogP contribution in [-0.2, 0) is 0 Å². The first-order valence-electron chi connectivity index (χ1n) is 18.0. The monoisotopic (exact) mass is 735 g/mol. The zero-order chi connectivity index (χ0) is 38.4. The maximum absolute atomic E-state index is 6.54. The van der Waals surface area contributed by atoms with Crippen LogP contribution in [0.25, 0.3) is 5.70 Å². The molecule has 2 heterocycles. The molecule has 0 atom stereocenters. The normalized spacial score (nSPS) is 12.3. The average Bonchev–Trinajstić information content (AvgIpc) is 3.24. The molecule has 0 amide bonds. The highest BCUT2D eigenvalue weighted by Crippen LogP contribution is 2.51. The summed E-state index contributed by atoms with van der Waals surface area (Å²) in [5.74, 6) is 0. The Morgan fingerprint density at radius 2 is 1.00 bits per heavy atom. The van der Waals surface area contributed by atoms with E-state index in [2.05, 4.69) is 186 Å². The lowest BCUT2D eigenvalue weighted by Gasteiger charge is -2.34. The van der Waals surface area contributed by atoms with Gasteiger partial charge in [0.05, 0.1) is 39.8 Å². The van der Waals surface area contributed by atoms with Crippen molar-refractivity contribution in [1.29, 1.82) is 0 Å². The number of rotatable bonds is 8. The van der Waals surface area contributed by atoms with E-state index in [-0.39, 0.29) is 0 Å². The van der Waals surface area contributed by atoms with Crippen LogP contribution in [0.3, 0.4) is 0 Å². The number of hydrogen-bond acceptors (Lipinski definition) is 6. The Balaban J connectivity index is 0.000000413. The summed E-state index contributed by atoms with van der Waals surface area (Å²) < 4.78 is 0. The number of nitrogens with two attached hydrogens (primary N) is 1. The van der Waals surface area contributed by atoms with Crippen LogP contribution in [0.2, 0.25) is 0 Å². The van der Waals surface area contributed by atoms with E-state index in [0.717, 1.165) is 45.4 Å². The lowest BCUT2D eigenvalue weighted by molar-refractivity contribution is 1.17. The second kappa shape index (κ2) is 18.7. The van der Waals surface area contributed by atoms with E-state index in [4.69, 9.17) is 5.73 Å². The topological polar surface area (TPSA) is 56.6 Å². The largest absolute Gasteiger partial charge is 0.397 e. The van der Waals surface area contributed by atoms with Crippen molar-refractivity contribution in [3.63, 3.8) is 0 Å². The fourth-order valence-electron chi connectivity index (χ4n) is 6.13. The molecule has 0 fully saturated rings. The minimum absolute atomic E-state index is 0.664. The molecule has 8 rings (SSSR count). The molecular formula is C49H45N5S. The highest BCUT2D eigenvalue weighted by atomic mass is 32.2. The van der Waals surface area contributed by atoms with E-state index in [0.29, 0.717) is 5.70 Å². The quantitative estimate of drug-likeness (QED) is 0.135. The fourth-order valence-corrected chi connectivity index (χ4v) is 7.19. The van der Waals surface area contributed by atoms with Crippen LogP contribution in [-0.4, -0.2) is 0 Å². The second-order valence-electron chi connectivity index (χ2n) is 12.3. The average molecular weight is 736 g/mol. The molecule has 55 heavy (non-hydrogen) atoms. The van der Waals surface area contributed by atoms with Crippen molar-refractivity contribution < 1.29 is 0 Å². The first-order chi connectivity index (χ1) is 27.1. The van der Waals surface area contributed by atoms with Gasteiger partial charge in [0, 0.05) is 33.1 Å². The number of anilines is 9. The van der Waals surface area contributed by atoms with Gasteiger partial charge in [0.1, 0.15) is 0 Å². The van der Waals surface area contributed by atoms with Crippen LogP contribution in [0.1, 0.15) is 12.5 Å². The number of fused-ring (bicyclic) bond motifs is 4. The minimum Gasteiger partial charge on any atom is -0.397 e. The van der Waals surface area contributed by atoms with E-state index in [9.17, 15) is 0 Å². The summed E-state index contributed by atoms with van der Waals surface area (Å²) in [6, 6.07) is 50.7. The van der Waals surface area contributed by atoms with E-state index in [1.807, 2.05) is 49.2 Å². The molecule has 6 aromatic rings. The van der Waals surface area contributed by atoms with Gasteiger partial charge in [-0.3, -0.25) is 0 Å². The molecule has 2 aliphatic rings. The van der Waals surface area contributed by atoms with Crippen molar-refractivity contribution in [3.05, 3.63) is 220 Å². The molecule has 5 nitrogen and oxygen atoms in total. The minimum atomic E-state index is 0.664. The molecule has 0 aliphatic carbocycles. The number of nitrogens with zero attached hydrogens (tertiary/aromatic N) is 2. The van der Waals surface area contributed by atoms with Gasteiger partial charge in [-0.1, -0.05) is 135 Å². The van der Waals surface area contributed by atoms with Gasteiger partial charge >= 0.3 is 0 Å². The number of hydrogen-bond donors (Lipinski definition) is 3. The molecule has 0 aromatic heterocycles. The molecule has 6 heteroatoms. The smallest absolute Gasteiger partial charge is 0.0697 e. The SMILES string of the molecule is C=C/C=C\C.C=C/C=C\C=C.N/C(=C\Nc1ccc(N2c3ccccc3Sc3ccccc32)cc1)c1ccc(N2c3ccccc3Nc3ccccc32)cc1. The molecule has 0 saturated carbocycles. The molecule has 0 unspecified atom stereocenters. The lowest BCUT2D eigenvalue weighted by atomic mass is 10.1. The molecule has 2 aliphatic heterocycles. The zero-order valence-electron chi connectivity index (χ0n) is 31.0. The third-order valence-electron chi connectivity index (χ3n) is 8.68. The predicted octanol–water partition coefficient (Wildman–Crippen LogP) is 14.2. The standard InChI is InChI=1S/C38H29N5S.C6H8.C5H8/c39-30(26-17-21-28(22-18-26)42-33-11-3-1-9-31(33)41-32-10-2-4-12-34(32)42)25-40-27-19-23-29(24-20-27)43-35-13-5-7-15-37(35)44-38-16-8-6-14-36(38)43;1-3-5-6-4-2;1-3-5-4-2/h1-25,40-41H,39H2;3-6H,1-2H2;3-5H,1H2,2H3/b30-25-;6-5-;5-4-. The van der Waals surface area contributed by atoms with Crippen molar-refractivity contribution in [1.82, 2.24) is 0 Å². The number of allylic oxidation sites excluding steroid dienone is 7. The van der Waals surface area contributed by atoms with E-state index >= 15 is 0 Å². The Bertz CT molecular complexity index is 2240.